The van der Waals surface area contributed by atoms with Crippen LogP contribution >= 0.6 is 0 Å². The highest BCUT2D eigenvalue weighted by atomic mass is 16.2. The monoisotopic (exact) mass is 344 g/mol. The van der Waals surface area contributed by atoms with Crippen molar-refractivity contribution in [1.82, 2.24) is 9.80 Å². The van der Waals surface area contributed by atoms with Crippen molar-refractivity contribution in [3.05, 3.63) is 29.8 Å². The van der Waals surface area contributed by atoms with Crippen LogP contribution in [0, 0.1) is 0 Å². The molecule has 25 heavy (non-hydrogen) atoms. The molecular formula is C19H28N4O2. The van der Waals surface area contributed by atoms with Crippen molar-refractivity contribution in [2.45, 2.75) is 38.8 Å². The summed E-state index contributed by atoms with van der Waals surface area (Å²) in [6.07, 6.45) is 2.41. The largest absolute Gasteiger partial charge is 0.372 e. The lowest BCUT2D eigenvalue weighted by atomic mass is 10.1. The van der Waals surface area contributed by atoms with Gasteiger partial charge in [-0.2, -0.15) is 0 Å². The zero-order chi connectivity index (χ0) is 18.0. The van der Waals surface area contributed by atoms with Gasteiger partial charge >= 0.3 is 0 Å². The van der Waals surface area contributed by atoms with Crippen LogP contribution in [-0.4, -0.2) is 66.4 Å². The highest BCUT2D eigenvalue weighted by molar-refractivity contribution is 5.95. The number of nitrogens with zero attached hydrogens (tertiary/aromatic N) is 3. The van der Waals surface area contributed by atoms with Crippen molar-refractivity contribution in [2.24, 2.45) is 5.73 Å². The van der Waals surface area contributed by atoms with Gasteiger partial charge in [0.2, 0.25) is 5.91 Å². The first kappa shape index (κ1) is 17.7. The number of hydrogen-bond acceptors (Lipinski definition) is 4. The van der Waals surface area contributed by atoms with Gasteiger partial charge in [0, 0.05) is 50.0 Å². The van der Waals surface area contributed by atoms with E-state index in [-0.39, 0.29) is 17.9 Å². The lowest BCUT2D eigenvalue weighted by Gasteiger charge is -2.42. The minimum absolute atomic E-state index is 0.0179. The van der Waals surface area contributed by atoms with Crippen molar-refractivity contribution in [1.29, 1.82) is 0 Å². The van der Waals surface area contributed by atoms with Crippen molar-refractivity contribution < 1.29 is 9.59 Å². The normalized spacial score (nSPS) is 21.8. The average Bonchev–Trinajstić information content (AvgIpc) is 3.15. The number of carbonyl (C=O) groups is 2. The van der Waals surface area contributed by atoms with E-state index in [2.05, 4.69) is 15.9 Å². The topological polar surface area (TPSA) is 69.9 Å². The molecule has 1 aromatic carbocycles. The summed E-state index contributed by atoms with van der Waals surface area (Å²) in [6.45, 7) is 7.85. The van der Waals surface area contributed by atoms with Gasteiger partial charge in [-0.25, -0.2) is 0 Å². The van der Waals surface area contributed by atoms with Crippen LogP contribution in [0.2, 0.25) is 0 Å². The lowest BCUT2D eigenvalue weighted by molar-refractivity contribution is -0.126. The lowest BCUT2D eigenvalue weighted by Crippen LogP contribution is -2.61. The summed E-state index contributed by atoms with van der Waals surface area (Å²) in [7, 11) is 0. The summed E-state index contributed by atoms with van der Waals surface area (Å²) in [6, 6.07) is 7.65. The SMILES string of the molecule is CC(C)N1CCN(C(=O)c2cccc(N3CCCC3)c2)C[C@@H]1C(N)=O. The number of benzene rings is 1. The number of amides is 2. The van der Waals surface area contributed by atoms with Crippen LogP contribution in [-0.2, 0) is 4.79 Å². The summed E-state index contributed by atoms with van der Waals surface area (Å²) >= 11 is 0. The van der Waals surface area contributed by atoms with Gasteiger partial charge in [0.25, 0.3) is 5.91 Å². The molecule has 0 bridgehead atoms. The van der Waals surface area contributed by atoms with E-state index < -0.39 is 6.04 Å². The second-order valence-electron chi connectivity index (χ2n) is 7.25. The van der Waals surface area contributed by atoms with Crippen LogP contribution in [0.15, 0.2) is 24.3 Å². The van der Waals surface area contributed by atoms with Crippen LogP contribution in [0.25, 0.3) is 0 Å². The van der Waals surface area contributed by atoms with E-state index in [1.807, 2.05) is 32.0 Å². The number of hydrogen-bond donors (Lipinski definition) is 1. The summed E-state index contributed by atoms with van der Waals surface area (Å²) in [5.41, 5.74) is 7.37. The van der Waals surface area contributed by atoms with Crippen molar-refractivity contribution in [3.63, 3.8) is 0 Å². The molecule has 0 unspecified atom stereocenters. The Labute approximate surface area is 149 Å². The van der Waals surface area contributed by atoms with Gasteiger partial charge in [-0.15, -0.1) is 0 Å². The Hall–Kier alpha value is -2.08. The molecule has 2 saturated heterocycles. The molecule has 2 heterocycles. The van der Waals surface area contributed by atoms with E-state index in [0.29, 0.717) is 25.2 Å². The van der Waals surface area contributed by atoms with Gasteiger partial charge in [0.05, 0.1) is 0 Å². The fraction of sp³-hybridized carbons (Fsp3) is 0.579. The maximum Gasteiger partial charge on any atom is 0.254 e. The molecule has 0 saturated carbocycles. The minimum Gasteiger partial charge on any atom is -0.372 e. The second kappa shape index (κ2) is 7.44. The quantitative estimate of drug-likeness (QED) is 0.894. The van der Waals surface area contributed by atoms with Crippen LogP contribution in [0.3, 0.4) is 0 Å². The van der Waals surface area contributed by atoms with Gasteiger partial charge in [0.1, 0.15) is 6.04 Å². The van der Waals surface area contributed by atoms with Gasteiger partial charge in [-0.1, -0.05) is 6.07 Å². The van der Waals surface area contributed by atoms with Crippen LogP contribution < -0.4 is 10.6 Å². The Kier molecular flexibility index (Phi) is 5.27. The summed E-state index contributed by atoms with van der Waals surface area (Å²) in [5.74, 6) is -0.382. The zero-order valence-electron chi connectivity index (χ0n) is 15.1. The number of primary amides is 1. The number of anilines is 1. The molecular weight excluding hydrogens is 316 g/mol. The highest BCUT2D eigenvalue weighted by Gasteiger charge is 2.34. The predicted molar refractivity (Wildman–Crippen MR) is 98.6 cm³/mol. The van der Waals surface area contributed by atoms with Gasteiger partial charge in [0.15, 0.2) is 0 Å². The molecule has 1 atom stereocenters. The number of piperazine rings is 1. The summed E-state index contributed by atoms with van der Waals surface area (Å²) in [4.78, 5) is 30.9. The maximum absolute atomic E-state index is 12.9. The molecule has 3 rings (SSSR count). The van der Waals surface area contributed by atoms with Gasteiger partial charge in [-0.05, 0) is 44.9 Å². The number of rotatable bonds is 4. The molecule has 2 amide bonds. The number of nitrogens with two attached hydrogens (primary N) is 1. The third kappa shape index (κ3) is 3.79. The van der Waals surface area contributed by atoms with E-state index in [1.54, 1.807) is 4.90 Å². The summed E-state index contributed by atoms with van der Waals surface area (Å²) in [5, 5.41) is 0. The minimum atomic E-state index is -0.417. The zero-order valence-corrected chi connectivity index (χ0v) is 15.1. The van der Waals surface area contributed by atoms with Crippen LogP contribution in [0.1, 0.15) is 37.0 Å². The molecule has 2 N–H and O–H groups in total. The van der Waals surface area contributed by atoms with E-state index in [9.17, 15) is 9.59 Å². The molecule has 2 aliphatic rings. The molecule has 1 aromatic rings. The summed E-state index contributed by atoms with van der Waals surface area (Å²) < 4.78 is 0. The average molecular weight is 344 g/mol. The Bertz CT molecular complexity index is 640. The third-order valence-corrected chi connectivity index (χ3v) is 5.27. The first-order valence-electron chi connectivity index (χ1n) is 9.16. The molecule has 136 valence electrons. The van der Waals surface area contributed by atoms with Crippen molar-refractivity contribution in [3.8, 4) is 0 Å². The smallest absolute Gasteiger partial charge is 0.254 e. The molecule has 0 aromatic heterocycles. The fourth-order valence-corrected chi connectivity index (χ4v) is 3.85. The highest BCUT2D eigenvalue weighted by Crippen LogP contribution is 2.23. The van der Waals surface area contributed by atoms with Crippen LogP contribution in [0.5, 0.6) is 0 Å². The molecule has 6 heteroatoms. The maximum atomic E-state index is 12.9. The van der Waals surface area contributed by atoms with Gasteiger partial charge < -0.3 is 15.5 Å². The third-order valence-electron chi connectivity index (χ3n) is 5.27. The second-order valence-corrected chi connectivity index (χ2v) is 7.25. The number of carbonyl (C=O) groups excluding carboxylic acids is 2. The molecule has 2 fully saturated rings. The predicted octanol–water partition coefficient (Wildman–Crippen LogP) is 1.31. The molecule has 0 spiro atoms. The fourth-order valence-electron chi connectivity index (χ4n) is 3.85. The standard InChI is InChI=1S/C19H28N4O2/c1-14(2)23-11-10-22(13-17(23)18(20)24)19(25)15-6-5-7-16(12-15)21-8-3-4-9-21/h5-7,12,14,17H,3-4,8-11,13H2,1-2H3,(H2,20,24)/t17-/m1/s1. The molecule has 6 nitrogen and oxygen atoms in total. The van der Waals surface area contributed by atoms with Crippen LogP contribution in [0.4, 0.5) is 5.69 Å². The Morgan fingerprint density at radius 2 is 1.84 bits per heavy atom. The van der Waals surface area contributed by atoms with E-state index in [4.69, 9.17) is 5.73 Å². The Morgan fingerprint density at radius 1 is 1.12 bits per heavy atom. The van der Waals surface area contributed by atoms with E-state index in [0.717, 1.165) is 18.8 Å². The van der Waals surface area contributed by atoms with Crippen molar-refractivity contribution >= 4 is 17.5 Å². The Morgan fingerprint density at radius 3 is 2.48 bits per heavy atom. The van der Waals surface area contributed by atoms with E-state index >= 15 is 0 Å². The first-order valence-corrected chi connectivity index (χ1v) is 9.16. The molecule has 0 radical (unpaired) electrons. The molecule has 2 aliphatic heterocycles. The van der Waals surface area contributed by atoms with Crippen molar-refractivity contribution in [2.75, 3.05) is 37.6 Å². The Balaban J connectivity index is 1.74. The van der Waals surface area contributed by atoms with Gasteiger partial charge in [-0.3, -0.25) is 14.5 Å². The van der Waals surface area contributed by atoms with E-state index in [1.165, 1.54) is 12.8 Å². The first-order chi connectivity index (χ1) is 12.0. The molecule has 0 aliphatic carbocycles.